The summed E-state index contributed by atoms with van der Waals surface area (Å²) in [6.45, 7) is 8.18. The molecule has 0 saturated carbocycles. The minimum atomic E-state index is -0.405. The number of allylic oxidation sites excluding steroid dienone is 1. The largest absolute Gasteiger partial charge is 0.367 e. The number of nitrogens with zero attached hydrogens (tertiary/aromatic N) is 4. The maximum Gasteiger partial charge on any atom is 0.185 e. The monoisotopic (exact) mass is 470 g/mol. The van der Waals surface area contributed by atoms with Crippen molar-refractivity contribution < 1.29 is 13.6 Å². The number of aryl methyl sites for hydroxylation is 1. The molecule has 1 saturated heterocycles. The fourth-order valence-electron chi connectivity index (χ4n) is 3.93. The van der Waals surface area contributed by atoms with Gasteiger partial charge in [-0.1, -0.05) is 18.5 Å². The summed E-state index contributed by atoms with van der Waals surface area (Å²) in [5.41, 5.74) is 2.57. The van der Waals surface area contributed by atoms with Crippen LogP contribution in [0.2, 0.25) is 5.15 Å². The Morgan fingerprint density at radius 2 is 1.79 bits per heavy atom. The van der Waals surface area contributed by atoms with Gasteiger partial charge < -0.3 is 9.80 Å². The summed E-state index contributed by atoms with van der Waals surface area (Å²) in [6, 6.07) is 10.4. The van der Waals surface area contributed by atoms with Crippen molar-refractivity contribution in [2.75, 3.05) is 37.6 Å². The van der Waals surface area contributed by atoms with E-state index in [0.29, 0.717) is 27.8 Å². The number of likely N-dealkylation sites (N-methyl/N-ethyl adjacent to an activating group) is 1. The fraction of sp³-hybridized carbons (Fsp3) is 0.280. The van der Waals surface area contributed by atoms with Crippen LogP contribution in [0.5, 0.6) is 0 Å². The minimum Gasteiger partial charge on any atom is -0.367 e. The lowest BCUT2D eigenvalue weighted by atomic mass is 10.1. The zero-order chi connectivity index (χ0) is 23.5. The summed E-state index contributed by atoms with van der Waals surface area (Å²) in [5.74, 6) is -1.09. The molecule has 8 heteroatoms. The number of ketones is 1. The van der Waals surface area contributed by atoms with Crippen LogP contribution in [0.4, 0.5) is 14.5 Å². The van der Waals surface area contributed by atoms with E-state index in [0.717, 1.165) is 32.7 Å². The highest BCUT2D eigenvalue weighted by Gasteiger charge is 2.19. The number of halogens is 3. The lowest BCUT2D eigenvalue weighted by Crippen LogP contribution is -2.46. The number of anilines is 1. The molecule has 1 aliphatic heterocycles. The van der Waals surface area contributed by atoms with E-state index in [-0.39, 0.29) is 17.2 Å². The third-order valence-electron chi connectivity index (χ3n) is 5.91. The van der Waals surface area contributed by atoms with Gasteiger partial charge in [0.05, 0.1) is 17.1 Å². The highest BCUT2D eigenvalue weighted by atomic mass is 35.5. The predicted molar refractivity (Wildman–Crippen MR) is 127 cm³/mol. The number of rotatable bonds is 6. The van der Waals surface area contributed by atoms with E-state index in [2.05, 4.69) is 16.9 Å². The van der Waals surface area contributed by atoms with Gasteiger partial charge in [0.15, 0.2) is 5.78 Å². The van der Waals surface area contributed by atoms with Gasteiger partial charge in [0, 0.05) is 37.3 Å². The molecule has 1 aliphatic rings. The molecular formula is C25H25ClF2N4O. The lowest BCUT2D eigenvalue weighted by Gasteiger charge is -2.35. The third-order valence-corrected chi connectivity index (χ3v) is 6.28. The fourth-order valence-corrected chi connectivity index (χ4v) is 4.27. The van der Waals surface area contributed by atoms with E-state index in [1.807, 2.05) is 4.90 Å². The molecule has 2 aromatic carbocycles. The van der Waals surface area contributed by atoms with Crippen LogP contribution in [0, 0.1) is 18.6 Å². The van der Waals surface area contributed by atoms with Crippen molar-refractivity contribution in [2.24, 2.45) is 0 Å². The number of hydrogen-bond donors (Lipinski definition) is 0. The first-order chi connectivity index (χ1) is 15.9. The number of benzene rings is 2. The van der Waals surface area contributed by atoms with E-state index in [1.54, 1.807) is 37.3 Å². The quantitative estimate of drug-likeness (QED) is 0.369. The Balaban J connectivity index is 1.50. The van der Waals surface area contributed by atoms with Gasteiger partial charge in [-0.2, -0.15) is 5.10 Å². The normalized spacial score (nSPS) is 14.9. The van der Waals surface area contributed by atoms with Crippen molar-refractivity contribution in [3.8, 4) is 5.69 Å². The molecule has 0 N–H and O–H groups in total. The first kappa shape index (κ1) is 23.1. The molecule has 3 aromatic rings. The number of aromatic nitrogens is 2. The first-order valence-electron chi connectivity index (χ1n) is 10.9. The SMILES string of the molecule is CCN1CCN(c2ccc(C(=O)/C=C/c3c(C)nn(-c4ccc(F)cc4)c3Cl)cc2F)CC1. The van der Waals surface area contributed by atoms with Crippen LogP contribution in [0.15, 0.2) is 48.5 Å². The summed E-state index contributed by atoms with van der Waals surface area (Å²) in [4.78, 5) is 17.0. The molecule has 0 radical (unpaired) electrons. The zero-order valence-corrected chi connectivity index (χ0v) is 19.3. The van der Waals surface area contributed by atoms with E-state index in [1.165, 1.54) is 29.0 Å². The second-order valence-corrected chi connectivity index (χ2v) is 8.32. The maximum absolute atomic E-state index is 14.8. The van der Waals surface area contributed by atoms with Gasteiger partial charge in [-0.25, -0.2) is 13.5 Å². The van der Waals surface area contributed by atoms with Gasteiger partial charge in [0.2, 0.25) is 0 Å². The van der Waals surface area contributed by atoms with Gasteiger partial charge in [-0.05, 0) is 68.1 Å². The Labute approximate surface area is 196 Å². The molecule has 33 heavy (non-hydrogen) atoms. The van der Waals surface area contributed by atoms with Crippen LogP contribution in [0.1, 0.15) is 28.5 Å². The van der Waals surface area contributed by atoms with Crippen LogP contribution in [-0.2, 0) is 0 Å². The molecular weight excluding hydrogens is 446 g/mol. The van der Waals surface area contributed by atoms with Gasteiger partial charge in [-0.15, -0.1) is 0 Å². The van der Waals surface area contributed by atoms with Crippen molar-refractivity contribution >= 4 is 29.1 Å². The molecule has 2 heterocycles. The number of hydrogen-bond acceptors (Lipinski definition) is 4. The Morgan fingerprint density at radius 3 is 2.42 bits per heavy atom. The molecule has 5 nitrogen and oxygen atoms in total. The molecule has 0 bridgehead atoms. The average Bonchev–Trinajstić information content (AvgIpc) is 3.11. The summed E-state index contributed by atoms with van der Waals surface area (Å²) in [7, 11) is 0. The Kier molecular flexibility index (Phi) is 6.91. The van der Waals surface area contributed by atoms with Crippen molar-refractivity contribution in [2.45, 2.75) is 13.8 Å². The molecule has 1 fully saturated rings. The Bertz CT molecular complexity index is 1180. The van der Waals surface area contributed by atoms with Gasteiger partial charge >= 0.3 is 0 Å². The standard InChI is InChI=1S/C25H25ClF2N4O/c1-3-30-12-14-31(15-13-30)23-10-4-18(16-22(23)28)24(33)11-9-21-17(2)29-32(25(21)26)20-7-5-19(27)6-8-20/h4-11,16H,3,12-15H2,1-2H3/b11-9+. The summed E-state index contributed by atoms with van der Waals surface area (Å²) < 4.78 is 29.5. The number of carbonyl (C=O) groups excluding carboxylic acids is 1. The second kappa shape index (κ2) is 9.85. The summed E-state index contributed by atoms with van der Waals surface area (Å²) in [6.07, 6.45) is 2.93. The van der Waals surface area contributed by atoms with Gasteiger partial charge in [0.1, 0.15) is 16.8 Å². The highest BCUT2D eigenvalue weighted by molar-refractivity contribution is 6.31. The van der Waals surface area contributed by atoms with Crippen molar-refractivity contribution in [1.29, 1.82) is 0 Å². The Hall–Kier alpha value is -3.03. The molecule has 172 valence electrons. The Morgan fingerprint density at radius 1 is 1.09 bits per heavy atom. The number of piperazine rings is 1. The molecule has 0 amide bonds. The molecule has 4 rings (SSSR count). The van der Waals surface area contributed by atoms with E-state index in [4.69, 9.17) is 11.6 Å². The summed E-state index contributed by atoms with van der Waals surface area (Å²) in [5, 5.41) is 4.68. The van der Waals surface area contributed by atoms with Crippen LogP contribution in [0.3, 0.4) is 0 Å². The lowest BCUT2D eigenvalue weighted by molar-refractivity contribution is 0.104. The first-order valence-corrected chi connectivity index (χ1v) is 11.3. The average molecular weight is 471 g/mol. The molecule has 0 atom stereocenters. The van der Waals surface area contributed by atoms with Crippen LogP contribution >= 0.6 is 11.6 Å². The van der Waals surface area contributed by atoms with E-state index in [9.17, 15) is 13.6 Å². The third kappa shape index (κ3) is 4.99. The van der Waals surface area contributed by atoms with E-state index < -0.39 is 5.82 Å². The van der Waals surface area contributed by atoms with E-state index >= 15 is 0 Å². The molecule has 1 aromatic heterocycles. The van der Waals surface area contributed by atoms with Crippen LogP contribution in [0.25, 0.3) is 11.8 Å². The molecule has 0 aliphatic carbocycles. The summed E-state index contributed by atoms with van der Waals surface area (Å²) >= 11 is 6.46. The second-order valence-electron chi connectivity index (χ2n) is 7.96. The molecule has 0 spiro atoms. The van der Waals surface area contributed by atoms with Gasteiger partial charge in [0.25, 0.3) is 0 Å². The van der Waals surface area contributed by atoms with Gasteiger partial charge in [-0.3, -0.25) is 4.79 Å². The minimum absolute atomic E-state index is 0.263. The van der Waals surface area contributed by atoms with Crippen LogP contribution in [-0.4, -0.2) is 53.2 Å². The topological polar surface area (TPSA) is 41.4 Å². The zero-order valence-electron chi connectivity index (χ0n) is 18.6. The maximum atomic E-state index is 14.8. The highest BCUT2D eigenvalue weighted by Crippen LogP contribution is 2.26. The van der Waals surface area contributed by atoms with Crippen molar-refractivity contribution in [3.05, 3.63) is 82.1 Å². The van der Waals surface area contributed by atoms with Crippen molar-refractivity contribution in [3.63, 3.8) is 0 Å². The molecule has 0 unspecified atom stereocenters. The van der Waals surface area contributed by atoms with Crippen LogP contribution < -0.4 is 4.90 Å². The predicted octanol–water partition coefficient (Wildman–Crippen LogP) is 5.15. The smallest absolute Gasteiger partial charge is 0.185 e. The van der Waals surface area contributed by atoms with Crippen molar-refractivity contribution in [1.82, 2.24) is 14.7 Å². The number of carbonyl (C=O) groups is 1.